The van der Waals surface area contributed by atoms with Crippen LogP contribution in [0.2, 0.25) is 5.02 Å². The van der Waals surface area contributed by atoms with E-state index in [1.807, 2.05) is 0 Å². The second-order valence-corrected chi connectivity index (χ2v) is 4.18. The van der Waals surface area contributed by atoms with E-state index in [0.717, 1.165) is 6.07 Å². The first kappa shape index (κ1) is 13.2. The molecule has 7 nitrogen and oxygen atoms in total. The second kappa shape index (κ2) is 5.19. The van der Waals surface area contributed by atoms with Crippen molar-refractivity contribution in [3.8, 4) is 0 Å². The van der Waals surface area contributed by atoms with E-state index in [4.69, 9.17) is 11.6 Å². The summed E-state index contributed by atoms with van der Waals surface area (Å²) in [7, 11) is 0. The van der Waals surface area contributed by atoms with E-state index in [2.05, 4.69) is 20.5 Å². The molecule has 0 radical (unpaired) electrons. The fourth-order valence-corrected chi connectivity index (χ4v) is 1.69. The number of nitro benzene ring substituents is 1. The summed E-state index contributed by atoms with van der Waals surface area (Å²) in [4.78, 5) is 14.1. The lowest BCUT2D eigenvalue weighted by molar-refractivity contribution is -0.384. The van der Waals surface area contributed by atoms with Crippen molar-refractivity contribution in [3.63, 3.8) is 0 Å². The van der Waals surface area contributed by atoms with Gasteiger partial charge in [0.1, 0.15) is 23.7 Å². The first-order valence-corrected chi connectivity index (χ1v) is 5.62. The molecular formula is C10H9ClFN5O2. The lowest BCUT2D eigenvalue weighted by atomic mass is 10.2. The minimum Gasteiger partial charge on any atom is -0.370 e. The maximum absolute atomic E-state index is 13.2. The van der Waals surface area contributed by atoms with Crippen LogP contribution in [-0.2, 0) is 0 Å². The van der Waals surface area contributed by atoms with E-state index in [9.17, 15) is 14.5 Å². The van der Waals surface area contributed by atoms with Crippen molar-refractivity contribution >= 4 is 23.0 Å². The summed E-state index contributed by atoms with van der Waals surface area (Å²) < 4.78 is 13.2. The van der Waals surface area contributed by atoms with E-state index < -0.39 is 16.4 Å². The number of nitrogens with zero attached hydrogens (tertiary/aromatic N) is 3. The molecule has 100 valence electrons. The third-order valence-electron chi connectivity index (χ3n) is 2.45. The normalized spacial score (nSPS) is 12.2. The predicted molar refractivity (Wildman–Crippen MR) is 66.5 cm³/mol. The Balaban J connectivity index is 2.33. The maximum Gasteiger partial charge on any atom is 0.295 e. The average molecular weight is 286 g/mol. The van der Waals surface area contributed by atoms with Crippen LogP contribution < -0.4 is 5.32 Å². The van der Waals surface area contributed by atoms with Crippen molar-refractivity contribution < 1.29 is 9.31 Å². The van der Waals surface area contributed by atoms with Gasteiger partial charge in [0.15, 0.2) is 0 Å². The van der Waals surface area contributed by atoms with Crippen LogP contribution in [-0.4, -0.2) is 20.1 Å². The number of benzene rings is 1. The standard InChI is InChI=1S/C10H9ClFN5O2/c1-5(10-13-4-14-16-10)15-8-2-6(11)7(12)3-9(8)17(18)19/h2-5,15H,1H3,(H,13,14,16). The Labute approximate surface area is 112 Å². The number of hydrogen-bond acceptors (Lipinski definition) is 5. The molecular weight excluding hydrogens is 277 g/mol. The van der Waals surface area contributed by atoms with Crippen LogP contribution in [0.5, 0.6) is 0 Å². The topological polar surface area (TPSA) is 96.7 Å². The molecule has 0 aliphatic rings. The Morgan fingerprint density at radius 1 is 1.58 bits per heavy atom. The molecule has 0 spiro atoms. The summed E-state index contributed by atoms with van der Waals surface area (Å²) in [5, 5.41) is 19.8. The molecule has 0 saturated heterocycles. The SMILES string of the molecule is CC(Nc1cc(Cl)c(F)cc1[N+](=O)[O-])c1ncn[nH]1. The van der Waals surface area contributed by atoms with Crippen molar-refractivity contribution in [2.24, 2.45) is 0 Å². The van der Waals surface area contributed by atoms with Gasteiger partial charge < -0.3 is 5.32 Å². The van der Waals surface area contributed by atoms with Crippen molar-refractivity contribution in [1.82, 2.24) is 15.2 Å². The third kappa shape index (κ3) is 2.79. The highest BCUT2D eigenvalue weighted by atomic mass is 35.5. The summed E-state index contributed by atoms with van der Waals surface area (Å²) in [6.45, 7) is 1.72. The van der Waals surface area contributed by atoms with Crippen LogP contribution >= 0.6 is 11.6 Å². The molecule has 0 saturated carbocycles. The van der Waals surface area contributed by atoms with Gasteiger partial charge in [-0.3, -0.25) is 15.2 Å². The molecule has 1 unspecified atom stereocenters. The Kier molecular flexibility index (Phi) is 3.61. The minimum absolute atomic E-state index is 0.111. The van der Waals surface area contributed by atoms with Crippen LogP contribution in [0.4, 0.5) is 15.8 Å². The molecule has 2 rings (SSSR count). The average Bonchev–Trinajstić information content (AvgIpc) is 2.86. The largest absolute Gasteiger partial charge is 0.370 e. The molecule has 2 aromatic rings. The zero-order valence-electron chi connectivity index (χ0n) is 9.72. The number of nitrogens with one attached hydrogen (secondary N) is 2. The molecule has 19 heavy (non-hydrogen) atoms. The molecule has 1 aromatic carbocycles. The fourth-order valence-electron chi connectivity index (χ4n) is 1.53. The van der Waals surface area contributed by atoms with Gasteiger partial charge in [-0.25, -0.2) is 9.37 Å². The van der Waals surface area contributed by atoms with Gasteiger partial charge in [-0.1, -0.05) is 11.6 Å². The number of anilines is 1. The van der Waals surface area contributed by atoms with Gasteiger partial charge in [-0.15, -0.1) is 0 Å². The molecule has 0 bridgehead atoms. The number of rotatable bonds is 4. The molecule has 0 fully saturated rings. The van der Waals surface area contributed by atoms with Gasteiger partial charge in [-0.05, 0) is 13.0 Å². The molecule has 0 aliphatic carbocycles. The van der Waals surface area contributed by atoms with Crippen LogP contribution in [0.3, 0.4) is 0 Å². The van der Waals surface area contributed by atoms with E-state index >= 15 is 0 Å². The van der Waals surface area contributed by atoms with Gasteiger partial charge in [0.25, 0.3) is 5.69 Å². The predicted octanol–water partition coefficient (Wildman–Crippen LogP) is 2.68. The first-order valence-electron chi connectivity index (χ1n) is 5.24. The van der Waals surface area contributed by atoms with E-state index in [0.29, 0.717) is 5.82 Å². The lowest BCUT2D eigenvalue weighted by Crippen LogP contribution is -2.10. The van der Waals surface area contributed by atoms with Crippen LogP contribution in [0, 0.1) is 15.9 Å². The summed E-state index contributed by atoms with van der Waals surface area (Å²) >= 11 is 5.63. The Morgan fingerprint density at radius 3 is 2.89 bits per heavy atom. The number of nitro groups is 1. The summed E-state index contributed by atoms with van der Waals surface area (Å²) in [5.41, 5.74) is -0.284. The van der Waals surface area contributed by atoms with Crippen molar-refractivity contribution in [3.05, 3.63) is 45.2 Å². The third-order valence-corrected chi connectivity index (χ3v) is 2.74. The molecule has 1 atom stereocenters. The van der Waals surface area contributed by atoms with Gasteiger partial charge >= 0.3 is 0 Å². The zero-order chi connectivity index (χ0) is 14.0. The molecule has 9 heteroatoms. The molecule has 2 N–H and O–H groups in total. The molecule has 0 amide bonds. The van der Waals surface area contributed by atoms with E-state index in [-0.39, 0.29) is 16.8 Å². The molecule has 0 aliphatic heterocycles. The highest BCUT2D eigenvalue weighted by molar-refractivity contribution is 6.31. The van der Waals surface area contributed by atoms with Crippen LogP contribution in [0.15, 0.2) is 18.5 Å². The Morgan fingerprint density at radius 2 is 2.32 bits per heavy atom. The molecule has 1 aromatic heterocycles. The van der Waals surface area contributed by atoms with Gasteiger partial charge in [0.2, 0.25) is 0 Å². The Bertz CT molecular complexity index is 604. The van der Waals surface area contributed by atoms with E-state index in [1.165, 1.54) is 12.4 Å². The number of halogens is 2. The second-order valence-electron chi connectivity index (χ2n) is 3.78. The fraction of sp³-hybridized carbons (Fsp3) is 0.200. The number of aromatic nitrogens is 3. The zero-order valence-corrected chi connectivity index (χ0v) is 10.5. The van der Waals surface area contributed by atoms with Gasteiger partial charge in [0.05, 0.1) is 22.1 Å². The number of H-pyrrole nitrogens is 1. The van der Waals surface area contributed by atoms with Crippen molar-refractivity contribution in [2.45, 2.75) is 13.0 Å². The Hall–Kier alpha value is -2.22. The summed E-state index contributed by atoms with van der Waals surface area (Å²) in [5.74, 6) is -0.346. The smallest absolute Gasteiger partial charge is 0.295 e. The van der Waals surface area contributed by atoms with Crippen molar-refractivity contribution in [1.29, 1.82) is 0 Å². The quantitative estimate of drug-likeness (QED) is 0.665. The summed E-state index contributed by atoms with van der Waals surface area (Å²) in [6.07, 6.45) is 1.32. The number of hydrogen-bond donors (Lipinski definition) is 2. The monoisotopic (exact) mass is 285 g/mol. The van der Waals surface area contributed by atoms with Gasteiger partial charge in [-0.2, -0.15) is 5.10 Å². The maximum atomic E-state index is 13.2. The van der Waals surface area contributed by atoms with E-state index in [1.54, 1.807) is 6.92 Å². The minimum atomic E-state index is -0.841. The van der Waals surface area contributed by atoms with Crippen LogP contribution in [0.25, 0.3) is 0 Å². The molecule has 1 heterocycles. The van der Waals surface area contributed by atoms with Gasteiger partial charge in [0, 0.05) is 0 Å². The number of aromatic amines is 1. The van der Waals surface area contributed by atoms with Crippen molar-refractivity contribution in [2.75, 3.05) is 5.32 Å². The first-order chi connectivity index (χ1) is 8.99. The summed E-state index contributed by atoms with van der Waals surface area (Å²) in [6, 6.07) is 1.57. The van der Waals surface area contributed by atoms with Crippen LogP contribution in [0.1, 0.15) is 18.8 Å². The highest BCUT2D eigenvalue weighted by Crippen LogP contribution is 2.32. The highest BCUT2D eigenvalue weighted by Gasteiger charge is 2.20. The lowest BCUT2D eigenvalue weighted by Gasteiger charge is -2.13.